The van der Waals surface area contributed by atoms with Crippen molar-refractivity contribution < 1.29 is 17.9 Å². The first-order valence-electron chi connectivity index (χ1n) is 7.88. The fourth-order valence-corrected chi connectivity index (χ4v) is 3.48. The third-order valence-electron chi connectivity index (χ3n) is 3.80. The van der Waals surface area contributed by atoms with Crippen LogP contribution in [0.1, 0.15) is 24.8 Å². The molecule has 23 heavy (non-hydrogen) atoms. The Labute approximate surface area is 137 Å². The normalized spacial score (nSPS) is 18.0. The van der Waals surface area contributed by atoms with Crippen LogP contribution in [0.15, 0.2) is 29.2 Å². The number of aryl methyl sites for hydroxylation is 1. The Morgan fingerprint density at radius 2 is 2.00 bits per heavy atom. The van der Waals surface area contributed by atoms with Crippen molar-refractivity contribution in [2.24, 2.45) is 5.92 Å². The number of nitrogens with one attached hydrogen (secondary N) is 2. The zero-order valence-electron chi connectivity index (χ0n) is 13.4. The topological polar surface area (TPSA) is 84.5 Å². The lowest BCUT2D eigenvalue weighted by Crippen LogP contribution is -2.30. The average molecular weight is 340 g/mol. The van der Waals surface area contributed by atoms with Gasteiger partial charge in [-0.3, -0.25) is 4.79 Å². The van der Waals surface area contributed by atoms with Crippen molar-refractivity contribution in [3.8, 4) is 0 Å². The van der Waals surface area contributed by atoms with Crippen LogP contribution in [0.2, 0.25) is 0 Å². The van der Waals surface area contributed by atoms with Crippen LogP contribution in [0, 0.1) is 12.8 Å². The van der Waals surface area contributed by atoms with E-state index in [2.05, 4.69) is 10.0 Å². The summed E-state index contributed by atoms with van der Waals surface area (Å²) in [5, 5.41) is 2.81. The van der Waals surface area contributed by atoms with E-state index in [0.717, 1.165) is 18.6 Å². The molecule has 1 saturated heterocycles. The second-order valence-electron chi connectivity index (χ2n) is 5.85. The van der Waals surface area contributed by atoms with Gasteiger partial charge in [-0.15, -0.1) is 0 Å². The predicted octanol–water partition coefficient (Wildman–Crippen LogP) is 1.21. The lowest BCUT2D eigenvalue weighted by Gasteiger charge is -2.09. The highest BCUT2D eigenvalue weighted by Crippen LogP contribution is 2.15. The van der Waals surface area contributed by atoms with Crippen LogP contribution >= 0.6 is 0 Å². The number of carbonyl (C=O) groups is 1. The molecule has 6 nitrogen and oxygen atoms in total. The van der Waals surface area contributed by atoms with Gasteiger partial charge in [0.1, 0.15) is 0 Å². The summed E-state index contributed by atoms with van der Waals surface area (Å²) >= 11 is 0. The first-order valence-corrected chi connectivity index (χ1v) is 9.36. The Kier molecular flexibility index (Phi) is 6.56. The Morgan fingerprint density at radius 1 is 1.26 bits per heavy atom. The van der Waals surface area contributed by atoms with Crippen LogP contribution in [0.5, 0.6) is 0 Å². The minimum Gasteiger partial charge on any atom is -0.381 e. The Balaban J connectivity index is 1.64. The lowest BCUT2D eigenvalue weighted by atomic mass is 10.1. The standard InChI is InChI=1S/C16H24N2O4S/c1-13-3-5-15(6-4-13)23(20,21)18-9-2-8-17-16(19)11-14-7-10-22-12-14/h3-6,14,18H,2,7-12H2,1H3,(H,17,19)/t14-/m0/s1. The summed E-state index contributed by atoms with van der Waals surface area (Å²) in [6.45, 7) is 4.05. The van der Waals surface area contributed by atoms with Gasteiger partial charge in [-0.25, -0.2) is 13.1 Å². The van der Waals surface area contributed by atoms with Crippen molar-refractivity contribution >= 4 is 15.9 Å². The molecule has 1 aliphatic rings. The molecule has 1 aromatic rings. The molecule has 1 aliphatic heterocycles. The molecule has 1 fully saturated rings. The highest BCUT2D eigenvalue weighted by Gasteiger charge is 2.18. The molecule has 2 rings (SSSR count). The van der Waals surface area contributed by atoms with Crippen molar-refractivity contribution in [2.45, 2.75) is 31.1 Å². The molecule has 128 valence electrons. The van der Waals surface area contributed by atoms with Crippen LogP contribution in [0.25, 0.3) is 0 Å². The SMILES string of the molecule is Cc1ccc(S(=O)(=O)NCCCNC(=O)C[C@@H]2CCOC2)cc1. The third kappa shape index (κ3) is 5.93. The molecule has 2 N–H and O–H groups in total. The molecule has 1 amide bonds. The van der Waals surface area contributed by atoms with Crippen LogP contribution in [-0.4, -0.2) is 40.6 Å². The molecule has 0 aromatic heterocycles. The van der Waals surface area contributed by atoms with Gasteiger partial charge in [0.2, 0.25) is 15.9 Å². The molecule has 0 spiro atoms. The largest absolute Gasteiger partial charge is 0.381 e. The molecule has 0 radical (unpaired) electrons. The summed E-state index contributed by atoms with van der Waals surface area (Å²) in [7, 11) is -3.48. The van der Waals surface area contributed by atoms with E-state index in [4.69, 9.17) is 4.74 Å². The Hall–Kier alpha value is -1.44. The molecule has 7 heteroatoms. The van der Waals surface area contributed by atoms with E-state index < -0.39 is 10.0 Å². The maximum absolute atomic E-state index is 12.1. The summed E-state index contributed by atoms with van der Waals surface area (Å²) in [5.41, 5.74) is 1.01. The van der Waals surface area contributed by atoms with Gasteiger partial charge in [-0.05, 0) is 37.8 Å². The van der Waals surface area contributed by atoms with Crippen molar-refractivity contribution in [1.82, 2.24) is 10.0 Å². The van der Waals surface area contributed by atoms with Gasteiger partial charge in [-0.1, -0.05) is 17.7 Å². The van der Waals surface area contributed by atoms with Gasteiger partial charge in [0, 0.05) is 32.7 Å². The molecular weight excluding hydrogens is 316 g/mol. The number of amides is 1. The molecule has 1 atom stereocenters. The fraction of sp³-hybridized carbons (Fsp3) is 0.562. The highest BCUT2D eigenvalue weighted by atomic mass is 32.2. The van der Waals surface area contributed by atoms with E-state index in [1.165, 1.54) is 0 Å². The summed E-state index contributed by atoms with van der Waals surface area (Å²) < 4.78 is 31.9. The maximum atomic E-state index is 12.1. The van der Waals surface area contributed by atoms with E-state index in [0.29, 0.717) is 38.5 Å². The monoisotopic (exact) mass is 340 g/mol. The van der Waals surface area contributed by atoms with E-state index in [9.17, 15) is 13.2 Å². The number of hydrogen-bond acceptors (Lipinski definition) is 4. The quantitative estimate of drug-likeness (QED) is 0.697. The van der Waals surface area contributed by atoms with Crippen LogP contribution < -0.4 is 10.0 Å². The number of carbonyl (C=O) groups excluding carboxylic acids is 1. The van der Waals surface area contributed by atoms with E-state index in [1.807, 2.05) is 6.92 Å². The average Bonchev–Trinajstić information content (AvgIpc) is 3.00. The zero-order chi connectivity index (χ0) is 16.7. The molecule has 0 aliphatic carbocycles. The summed E-state index contributed by atoms with van der Waals surface area (Å²) in [5.74, 6) is 0.317. The number of benzene rings is 1. The molecule has 0 bridgehead atoms. The third-order valence-corrected chi connectivity index (χ3v) is 5.27. The first-order chi connectivity index (χ1) is 11.0. The molecule has 0 unspecified atom stereocenters. The van der Waals surface area contributed by atoms with Gasteiger partial charge in [0.25, 0.3) is 0 Å². The minimum absolute atomic E-state index is 0.00175. The second kappa shape index (κ2) is 8.42. The van der Waals surface area contributed by atoms with E-state index in [-0.39, 0.29) is 10.8 Å². The van der Waals surface area contributed by atoms with Gasteiger partial charge >= 0.3 is 0 Å². The molecular formula is C16H24N2O4S. The number of hydrogen-bond donors (Lipinski definition) is 2. The van der Waals surface area contributed by atoms with Gasteiger partial charge < -0.3 is 10.1 Å². The highest BCUT2D eigenvalue weighted by molar-refractivity contribution is 7.89. The van der Waals surface area contributed by atoms with Crippen molar-refractivity contribution in [1.29, 1.82) is 0 Å². The maximum Gasteiger partial charge on any atom is 0.240 e. The van der Waals surface area contributed by atoms with Gasteiger partial charge in [0.15, 0.2) is 0 Å². The zero-order valence-corrected chi connectivity index (χ0v) is 14.2. The lowest BCUT2D eigenvalue weighted by molar-refractivity contribution is -0.122. The van der Waals surface area contributed by atoms with E-state index in [1.54, 1.807) is 24.3 Å². The van der Waals surface area contributed by atoms with Gasteiger partial charge in [-0.2, -0.15) is 0 Å². The molecule has 0 saturated carbocycles. The van der Waals surface area contributed by atoms with Crippen LogP contribution in [0.3, 0.4) is 0 Å². The minimum atomic E-state index is -3.48. The number of sulfonamides is 1. The number of ether oxygens (including phenoxy) is 1. The van der Waals surface area contributed by atoms with Crippen LogP contribution in [0.4, 0.5) is 0 Å². The first kappa shape index (κ1) is 17.9. The van der Waals surface area contributed by atoms with Crippen LogP contribution in [-0.2, 0) is 19.6 Å². The summed E-state index contributed by atoms with van der Waals surface area (Å²) in [4.78, 5) is 12.0. The summed E-state index contributed by atoms with van der Waals surface area (Å²) in [6.07, 6.45) is 1.97. The fourth-order valence-electron chi connectivity index (χ4n) is 2.40. The van der Waals surface area contributed by atoms with E-state index >= 15 is 0 Å². The van der Waals surface area contributed by atoms with Crippen molar-refractivity contribution in [3.63, 3.8) is 0 Å². The van der Waals surface area contributed by atoms with Crippen molar-refractivity contribution in [3.05, 3.63) is 29.8 Å². The Morgan fingerprint density at radius 3 is 2.65 bits per heavy atom. The smallest absolute Gasteiger partial charge is 0.240 e. The second-order valence-corrected chi connectivity index (χ2v) is 7.62. The number of rotatable bonds is 8. The molecule has 1 aromatic carbocycles. The summed E-state index contributed by atoms with van der Waals surface area (Å²) in [6, 6.07) is 6.70. The molecule has 1 heterocycles. The predicted molar refractivity (Wildman–Crippen MR) is 87.5 cm³/mol. The van der Waals surface area contributed by atoms with Gasteiger partial charge in [0.05, 0.1) is 4.90 Å². The Bertz CT molecular complexity index is 607. The van der Waals surface area contributed by atoms with Crippen molar-refractivity contribution in [2.75, 3.05) is 26.3 Å².